The van der Waals surface area contributed by atoms with Gasteiger partial charge in [0.2, 0.25) is 0 Å². The van der Waals surface area contributed by atoms with E-state index >= 15 is 0 Å². The lowest BCUT2D eigenvalue weighted by molar-refractivity contribution is 0.180. The number of hydrogen-bond donors (Lipinski definition) is 0. The van der Waals surface area contributed by atoms with Gasteiger partial charge in [0.05, 0.1) is 17.5 Å². The van der Waals surface area contributed by atoms with Gasteiger partial charge in [-0.1, -0.05) is 30.2 Å². The molecule has 0 bridgehead atoms. The summed E-state index contributed by atoms with van der Waals surface area (Å²) < 4.78 is 5.75. The van der Waals surface area contributed by atoms with Crippen LogP contribution in [0, 0.1) is 5.92 Å². The summed E-state index contributed by atoms with van der Waals surface area (Å²) in [6, 6.07) is 5.69. The van der Waals surface area contributed by atoms with E-state index in [0.29, 0.717) is 16.8 Å². The molecule has 1 aliphatic carbocycles. The Bertz CT molecular complexity index is 334. The Morgan fingerprint density at radius 2 is 2.13 bits per heavy atom. The van der Waals surface area contributed by atoms with Crippen LogP contribution in [-0.4, -0.2) is 6.61 Å². The highest BCUT2D eigenvalue weighted by atomic mass is 35.5. The lowest BCUT2D eigenvalue weighted by atomic mass is 9.86. The van der Waals surface area contributed by atoms with Crippen molar-refractivity contribution in [3.8, 4) is 5.75 Å². The first-order valence-corrected chi connectivity index (χ1v) is 6.18. The first kappa shape index (κ1) is 11.1. The van der Waals surface area contributed by atoms with E-state index in [1.54, 1.807) is 0 Å². The molecule has 1 aromatic rings. The molecule has 0 atom stereocenters. The average molecular weight is 245 g/mol. The molecule has 0 radical (unpaired) electrons. The molecule has 0 amide bonds. The Morgan fingerprint density at radius 3 is 2.73 bits per heavy atom. The third kappa shape index (κ3) is 2.59. The topological polar surface area (TPSA) is 9.23 Å². The quantitative estimate of drug-likeness (QED) is 0.720. The minimum atomic E-state index is 0.445. The minimum Gasteiger partial charge on any atom is -0.491 e. The Labute approximate surface area is 100 Å². The van der Waals surface area contributed by atoms with Crippen molar-refractivity contribution in [1.82, 2.24) is 0 Å². The number of rotatable bonds is 4. The predicted molar refractivity (Wildman–Crippen MR) is 63.8 cm³/mol. The highest BCUT2D eigenvalue weighted by Gasteiger charge is 2.19. The maximum atomic E-state index is 6.07. The monoisotopic (exact) mass is 244 g/mol. The fourth-order valence-electron chi connectivity index (χ4n) is 1.68. The van der Waals surface area contributed by atoms with E-state index in [1.807, 2.05) is 18.2 Å². The number of halogens is 2. The third-order valence-electron chi connectivity index (χ3n) is 2.88. The minimum absolute atomic E-state index is 0.445. The second-order valence-corrected chi connectivity index (χ2v) is 4.64. The maximum absolute atomic E-state index is 6.07. The maximum Gasteiger partial charge on any atom is 0.142 e. The molecule has 1 aliphatic rings. The van der Waals surface area contributed by atoms with Crippen molar-refractivity contribution < 1.29 is 4.74 Å². The van der Waals surface area contributed by atoms with Gasteiger partial charge in [0, 0.05) is 5.56 Å². The molecule has 0 aliphatic heterocycles. The van der Waals surface area contributed by atoms with Crippen LogP contribution >= 0.6 is 23.2 Å². The zero-order valence-electron chi connectivity index (χ0n) is 8.51. The van der Waals surface area contributed by atoms with Crippen molar-refractivity contribution in [2.75, 3.05) is 6.61 Å². The van der Waals surface area contributed by atoms with Gasteiger partial charge < -0.3 is 4.74 Å². The molecule has 15 heavy (non-hydrogen) atoms. The van der Waals surface area contributed by atoms with Crippen LogP contribution in [0.5, 0.6) is 5.75 Å². The van der Waals surface area contributed by atoms with Gasteiger partial charge in [-0.2, -0.15) is 0 Å². The van der Waals surface area contributed by atoms with Crippen LogP contribution in [0.15, 0.2) is 18.2 Å². The van der Waals surface area contributed by atoms with Crippen molar-refractivity contribution in [1.29, 1.82) is 0 Å². The van der Waals surface area contributed by atoms with Crippen LogP contribution < -0.4 is 4.74 Å². The lowest BCUT2D eigenvalue weighted by Crippen LogP contribution is -2.19. The molecule has 3 heteroatoms. The summed E-state index contributed by atoms with van der Waals surface area (Å²) in [6.07, 6.45) is 3.89. The second-order valence-electron chi connectivity index (χ2n) is 3.97. The van der Waals surface area contributed by atoms with Crippen LogP contribution in [0.3, 0.4) is 0 Å². The molecule has 0 heterocycles. The van der Waals surface area contributed by atoms with E-state index in [9.17, 15) is 0 Å². The summed E-state index contributed by atoms with van der Waals surface area (Å²) in [5.41, 5.74) is 0.975. The van der Waals surface area contributed by atoms with Crippen LogP contribution in [0.2, 0.25) is 5.02 Å². The van der Waals surface area contributed by atoms with Crippen molar-refractivity contribution in [3.63, 3.8) is 0 Å². The number of para-hydroxylation sites is 1. The van der Waals surface area contributed by atoms with Gasteiger partial charge in [0.25, 0.3) is 0 Å². The van der Waals surface area contributed by atoms with E-state index in [1.165, 1.54) is 19.3 Å². The van der Waals surface area contributed by atoms with E-state index < -0.39 is 0 Å². The van der Waals surface area contributed by atoms with Gasteiger partial charge in [-0.15, -0.1) is 11.6 Å². The Hall–Kier alpha value is -0.400. The smallest absolute Gasteiger partial charge is 0.142 e. The number of benzene rings is 1. The molecule has 0 saturated heterocycles. The highest BCUT2D eigenvalue weighted by molar-refractivity contribution is 6.32. The van der Waals surface area contributed by atoms with E-state index in [-0.39, 0.29) is 0 Å². The van der Waals surface area contributed by atoms with Gasteiger partial charge in [-0.25, -0.2) is 0 Å². The van der Waals surface area contributed by atoms with E-state index in [4.69, 9.17) is 27.9 Å². The van der Waals surface area contributed by atoms with Gasteiger partial charge in [0.15, 0.2) is 0 Å². The fourth-order valence-corrected chi connectivity index (χ4v) is 2.14. The molecule has 0 spiro atoms. The molecule has 1 aromatic carbocycles. The summed E-state index contributed by atoms with van der Waals surface area (Å²) in [6.45, 7) is 0.771. The first-order chi connectivity index (χ1) is 7.31. The van der Waals surface area contributed by atoms with Crippen LogP contribution in [0.25, 0.3) is 0 Å². The summed E-state index contributed by atoms with van der Waals surface area (Å²) in [5, 5.41) is 0.660. The molecule has 1 saturated carbocycles. The molecule has 0 aromatic heterocycles. The molecular formula is C12H14Cl2O. The first-order valence-electron chi connectivity index (χ1n) is 5.27. The molecule has 2 rings (SSSR count). The second kappa shape index (κ2) is 5.09. The molecule has 1 fully saturated rings. The average Bonchev–Trinajstić information content (AvgIpc) is 2.17. The molecule has 0 unspecified atom stereocenters. The van der Waals surface area contributed by atoms with Crippen molar-refractivity contribution >= 4 is 23.2 Å². The van der Waals surface area contributed by atoms with E-state index in [0.717, 1.165) is 17.9 Å². The summed E-state index contributed by atoms with van der Waals surface area (Å²) in [7, 11) is 0. The SMILES string of the molecule is ClCc1cccc(Cl)c1OCC1CCC1. The number of alkyl halides is 1. The van der Waals surface area contributed by atoms with Crippen LogP contribution in [0.4, 0.5) is 0 Å². The third-order valence-corrected chi connectivity index (χ3v) is 3.47. The van der Waals surface area contributed by atoms with Crippen molar-refractivity contribution in [3.05, 3.63) is 28.8 Å². The van der Waals surface area contributed by atoms with Gasteiger partial charge >= 0.3 is 0 Å². The van der Waals surface area contributed by atoms with Crippen LogP contribution in [-0.2, 0) is 5.88 Å². The largest absolute Gasteiger partial charge is 0.491 e. The van der Waals surface area contributed by atoms with Crippen molar-refractivity contribution in [2.45, 2.75) is 25.1 Å². The summed E-state index contributed by atoms with van der Waals surface area (Å²) >= 11 is 11.9. The zero-order valence-corrected chi connectivity index (χ0v) is 10.0. The summed E-state index contributed by atoms with van der Waals surface area (Å²) in [5.74, 6) is 1.92. The van der Waals surface area contributed by atoms with Gasteiger partial charge in [-0.05, 0) is 24.8 Å². The van der Waals surface area contributed by atoms with Gasteiger partial charge in [0.1, 0.15) is 5.75 Å². The summed E-state index contributed by atoms with van der Waals surface area (Å²) in [4.78, 5) is 0. The normalized spacial score (nSPS) is 16.1. The number of hydrogen-bond acceptors (Lipinski definition) is 1. The van der Waals surface area contributed by atoms with Gasteiger partial charge in [-0.3, -0.25) is 0 Å². The fraction of sp³-hybridized carbons (Fsp3) is 0.500. The molecule has 1 nitrogen and oxygen atoms in total. The standard InChI is InChI=1S/C12H14Cl2O/c13-7-10-5-2-6-11(14)12(10)15-8-9-3-1-4-9/h2,5-6,9H,1,3-4,7-8H2. The Morgan fingerprint density at radius 1 is 1.33 bits per heavy atom. The highest BCUT2D eigenvalue weighted by Crippen LogP contribution is 2.32. The Kier molecular flexibility index (Phi) is 3.76. The zero-order chi connectivity index (χ0) is 10.7. The molecule has 0 N–H and O–H groups in total. The van der Waals surface area contributed by atoms with Crippen molar-refractivity contribution in [2.24, 2.45) is 5.92 Å². The Balaban J connectivity index is 2.04. The van der Waals surface area contributed by atoms with E-state index in [2.05, 4.69) is 0 Å². The number of ether oxygens (including phenoxy) is 1. The molecule has 82 valence electrons. The lowest BCUT2D eigenvalue weighted by Gasteiger charge is -2.25. The van der Waals surface area contributed by atoms with Crippen LogP contribution in [0.1, 0.15) is 24.8 Å². The predicted octanol–water partition coefficient (Wildman–Crippen LogP) is 4.26. The molecular weight excluding hydrogens is 231 g/mol.